The summed E-state index contributed by atoms with van der Waals surface area (Å²) in [5, 5.41) is 3.55. The number of benzene rings is 1. The highest BCUT2D eigenvalue weighted by Crippen LogP contribution is 2.22. The summed E-state index contributed by atoms with van der Waals surface area (Å²) in [6, 6.07) is 8.83. The third kappa shape index (κ3) is 6.08. The predicted octanol–water partition coefficient (Wildman–Crippen LogP) is 3.08. The zero-order valence-electron chi connectivity index (χ0n) is 12.9. The van der Waals surface area contributed by atoms with Crippen molar-refractivity contribution in [1.82, 2.24) is 10.2 Å². The summed E-state index contributed by atoms with van der Waals surface area (Å²) < 4.78 is 5.77. The van der Waals surface area contributed by atoms with E-state index in [-0.39, 0.29) is 6.10 Å². The van der Waals surface area contributed by atoms with E-state index in [9.17, 15) is 0 Å². The van der Waals surface area contributed by atoms with E-state index in [1.165, 1.54) is 5.56 Å². The van der Waals surface area contributed by atoms with Crippen LogP contribution in [0.3, 0.4) is 0 Å². The minimum atomic E-state index is 0.217. The van der Waals surface area contributed by atoms with E-state index < -0.39 is 0 Å². The fraction of sp³-hybridized carbons (Fsp3) is 0.625. The van der Waals surface area contributed by atoms with Crippen LogP contribution in [0.4, 0.5) is 0 Å². The summed E-state index contributed by atoms with van der Waals surface area (Å²) in [6.07, 6.45) is 1.32. The zero-order valence-corrected chi connectivity index (χ0v) is 12.9. The van der Waals surface area contributed by atoms with Crippen molar-refractivity contribution in [3.63, 3.8) is 0 Å². The van der Waals surface area contributed by atoms with Gasteiger partial charge >= 0.3 is 0 Å². The highest BCUT2D eigenvalue weighted by molar-refractivity contribution is 5.30. The lowest BCUT2D eigenvalue weighted by atomic mass is 10.0. The maximum Gasteiger partial charge on any atom is 0.120 e. The molecule has 1 N–H and O–H groups in total. The van der Waals surface area contributed by atoms with Crippen molar-refractivity contribution < 1.29 is 4.74 Å². The zero-order chi connectivity index (χ0) is 14.3. The molecule has 0 aromatic heterocycles. The number of ether oxygens (including phenoxy) is 1. The Morgan fingerprint density at radius 2 is 2.00 bits per heavy atom. The average Bonchev–Trinajstić information content (AvgIpc) is 2.33. The molecular formula is C16H28N2O. The molecule has 0 aliphatic heterocycles. The molecule has 1 unspecified atom stereocenters. The summed E-state index contributed by atoms with van der Waals surface area (Å²) in [7, 11) is 4.22. The second-order valence-electron chi connectivity index (χ2n) is 5.44. The maximum atomic E-state index is 5.77. The van der Waals surface area contributed by atoms with E-state index in [2.05, 4.69) is 63.3 Å². The van der Waals surface area contributed by atoms with Gasteiger partial charge in [0.1, 0.15) is 5.75 Å². The number of hydrogen-bond acceptors (Lipinski definition) is 3. The van der Waals surface area contributed by atoms with Crippen LogP contribution < -0.4 is 10.1 Å². The average molecular weight is 264 g/mol. The fourth-order valence-corrected chi connectivity index (χ4v) is 2.10. The normalized spacial score (nSPS) is 13.0. The smallest absolute Gasteiger partial charge is 0.120 e. The minimum Gasteiger partial charge on any atom is -0.491 e. The summed E-state index contributed by atoms with van der Waals surface area (Å²) in [6.45, 7) is 8.32. The Hall–Kier alpha value is -1.06. The maximum absolute atomic E-state index is 5.77. The summed E-state index contributed by atoms with van der Waals surface area (Å²) in [4.78, 5) is 2.22. The van der Waals surface area contributed by atoms with Gasteiger partial charge in [0.2, 0.25) is 0 Å². The van der Waals surface area contributed by atoms with Gasteiger partial charge in [-0.3, -0.25) is 0 Å². The number of hydrogen-bond donors (Lipinski definition) is 1. The van der Waals surface area contributed by atoms with Crippen LogP contribution in [-0.2, 0) is 0 Å². The Kier molecular flexibility index (Phi) is 6.89. The first-order valence-electron chi connectivity index (χ1n) is 7.17. The van der Waals surface area contributed by atoms with Gasteiger partial charge in [0, 0.05) is 6.04 Å². The van der Waals surface area contributed by atoms with Crippen molar-refractivity contribution in [2.75, 3.05) is 27.2 Å². The van der Waals surface area contributed by atoms with Crippen LogP contribution in [0, 0.1) is 0 Å². The number of nitrogens with zero attached hydrogens (tertiary/aromatic N) is 1. The molecule has 0 fully saturated rings. The van der Waals surface area contributed by atoms with E-state index >= 15 is 0 Å². The molecular weight excluding hydrogens is 236 g/mol. The molecule has 19 heavy (non-hydrogen) atoms. The minimum absolute atomic E-state index is 0.217. The first-order chi connectivity index (χ1) is 9.02. The summed E-state index contributed by atoms with van der Waals surface area (Å²) in [5.41, 5.74) is 1.31. The van der Waals surface area contributed by atoms with Gasteiger partial charge in [0.05, 0.1) is 6.10 Å². The van der Waals surface area contributed by atoms with Gasteiger partial charge in [0.25, 0.3) is 0 Å². The number of nitrogens with one attached hydrogen (secondary N) is 1. The lowest BCUT2D eigenvalue weighted by Gasteiger charge is -2.21. The van der Waals surface area contributed by atoms with Crippen molar-refractivity contribution in [2.24, 2.45) is 0 Å². The largest absolute Gasteiger partial charge is 0.491 e. The lowest BCUT2D eigenvalue weighted by Crippen LogP contribution is -2.25. The lowest BCUT2D eigenvalue weighted by molar-refractivity contribution is 0.242. The molecule has 0 radical (unpaired) electrons. The summed E-state index contributed by atoms with van der Waals surface area (Å²) >= 11 is 0. The molecule has 0 amide bonds. The Morgan fingerprint density at radius 3 is 2.58 bits per heavy atom. The van der Waals surface area contributed by atoms with Crippen LogP contribution in [0.1, 0.15) is 38.8 Å². The standard InChI is InChI=1S/C16H28N2O/c1-6-17-16(10-11-18(4)5)14-8-7-9-15(12-14)19-13(2)3/h7-9,12-13,16-17H,6,10-11H2,1-5H3. The molecule has 108 valence electrons. The molecule has 3 heteroatoms. The van der Waals surface area contributed by atoms with Gasteiger partial charge in [0.15, 0.2) is 0 Å². The first kappa shape index (κ1) is 16.0. The highest BCUT2D eigenvalue weighted by Gasteiger charge is 2.11. The van der Waals surface area contributed by atoms with Crippen molar-refractivity contribution in [1.29, 1.82) is 0 Å². The third-order valence-corrected chi connectivity index (χ3v) is 2.95. The second kappa shape index (κ2) is 8.18. The molecule has 0 saturated carbocycles. The quantitative estimate of drug-likeness (QED) is 0.781. The van der Waals surface area contributed by atoms with E-state index in [1.54, 1.807) is 0 Å². The van der Waals surface area contributed by atoms with E-state index in [0.29, 0.717) is 6.04 Å². The Morgan fingerprint density at radius 1 is 1.26 bits per heavy atom. The monoisotopic (exact) mass is 264 g/mol. The van der Waals surface area contributed by atoms with Gasteiger partial charge in [-0.2, -0.15) is 0 Å². The van der Waals surface area contributed by atoms with Gasteiger partial charge in [-0.25, -0.2) is 0 Å². The molecule has 0 aliphatic rings. The van der Waals surface area contributed by atoms with Gasteiger partial charge in [-0.1, -0.05) is 19.1 Å². The molecule has 0 bridgehead atoms. The van der Waals surface area contributed by atoms with Crippen molar-refractivity contribution in [3.8, 4) is 5.75 Å². The molecule has 0 aliphatic carbocycles. The van der Waals surface area contributed by atoms with E-state index in [1.807, 2.05) is 6.07 Å². The van der Waals surface area contributed by atoms with Crippen LogP contribution in [0.25, 0.3) is 0 Å². The molecule has 1 aromatic rings. The van der Waals surface area contributed by atoms with Crippen LogP contribution in [0.5, 0.6) is 5.75 Å². The number of rotatable bonds is 8. The Bertz CT molecular complexity index is 364. The highest BCUT2D eigenvalue weighted by atomic mass is 16.5. The van der Waals surface area contributed by atoms with Crippen LogP contribution in [-0.4, -0.2) is 38.2 Å². The van der Waals surface area contributed by atoms with E-state index in [0.717, 1.165) is 25.3 Å². The van der Waals surface area contributed by atoms with E-state index in [4.69, 9.17) is 4.74 Å². The summed E-state index contributed by atoms with van der Waals surface area (Å²) in [5.74, 6) is 0.959. The first-order valence-corrected chi connectivity index (χ1v) is 7.17. The Balaban J connectivity index is 2.76. The van der Waals surface area contributed by atoms with Crippen molar-refractivity contribution >= 4 is 0 Å². The third-order valence-electron chi connectivity index (χ3n) is 2.95. The Labute approximate surface area is 118 Å². The second-order valence-corrected chi connectivity index (χ2v) is 5.44. The van der Waals surface area contributed by atoms with Crippen molar-refractivity contribution in [3.05, 3.63) is 29.8 Å². The molecule has 3 nitrogen and oxygen atoms in total. The van der Waals surface area contributed by atoms with Crippen molar-refractivity contribution in [2.45, 2.75) is 39.3 Å². The molecule has 0 spiro atoms. The molecule has 0 saturated heterocycles. The topological polar surface area (TPSA) is 24.5 Å². The molecule has 1 aromatic carbocycles. The molecule has 0 heterocycles. The fourth-order valence-electron chi connectivity index (χ4n) is 2.10. The van der Waals surface area contributed by atoms with Crippen LogP contribution in [0.2, 0.25) is 0 Å². The van der Waals surface area contributed by atoms with Crippen LogP contribution >= 0.6 is 0 Å². The van der Waals surface area contributed by atoms with Gasteiger partial charge in [-0.05, 0) is 65.1 Å². The van der Waals surface area contributed by atoms with Crippen LogP contribution in [0.15, 0.2) is 24.3 Å². The molecule has 1 atom stereocenters. The molecule has 1 rings (SSSR count). The predicted molar refractivity (Wildman–Crippen MR) is 81.8 cm³/mol. The van der Waals surface area contributed by atoms with Gasteiger partial charge in [-0.15, -0.1) is 0 Å². The SMILES string of the molecule is CCNC(CCN(C)C)c1cccc(OC(C)C)c1. The van der Waals surface area contributed by atoms with Gasteiger partial charge < -0.3 is 15.0 Å².